The van der Waals surface area contributed by atoms with Crippen LogP contribution in [-0.4, -0.2) is 35.2 Å². The van der Waals surface area contributed by atoms with Gasteiger partial charge in [-0.2, -0.15) is 13.2 Å². The summed E-state index contributed by atoms with van der Waals surface area (Å²) in [7, 11) is 0. The molecule has 0 bridgehead atoms. The maximum absolute atomic E-state index is 12.6. The van der Waals surface area contributed by atoms with Crippen LogP contribution in [0.15, 0.2) is 0 Å². The lowest BCUT2D eigenvalue weighted by atomic mass is 10.0. The number of halogens is 3. The van der Waals surface area contributed by atoms with Gasteiger partial charge in [0.15, 0.2) is 0 Å². The van der Waals surface area contributed by atoms with Gasteiger partial charge in [-0.15, -0.1) is 0 Å². The molecule has 3 atom stereocenters. The first-order valence-electron chi connectivity index (χ1n) is 7.66. The highest BCUT2D eigenvalue weighted by molar-refractivity contribution is 5.84. The van der Waals surface area contributed by atoms with E-state index < -0.39 is 18.6 Å². The first kappa shape index (κ1) is 18.3. The molecule has 1 aliphatic heterocycles. The number of nitrogens with zero attached hydrogens (tertiary/aromatic N) is 1. The van der Waals surface area contributed by atoms with Crippen molar-refractivity contribution in [3.63, 3.8) is 0 Å². The molecular formula is C15H27F3N2O. The van der Waals surface area contributed by atoms with Gasteiger partial charge < -0.3 is 4.90 Å². The first-order chi connectivity index (χ1) is 9.51. The average molecular weight is 308 g/mol. The standard InChI is InChI=1S/C15H27F3N2O/c1-9(2)6-12-14(21)20(11(5)8-15(16,17)18)13(19-12)7-10(3)4/h9-13,19H,6-8H2,1-5H3. The molecule has 6 heteroatoms. The van der Waals surface area contributed by atoms with E-state index in [2.05, 4.69) is 5.32 Å². The van der Waals surface area contributed by atoms with Gasteiger partial charge in [0.2, 0.25) is 5.91 Å². The first-order valence-corrected chi connectivity index (χ1v) is 7.66. The number of hydrogen-bond donors (Lipinski definition) is 1. The zero-order chi connectivity index (χ0) is 16.4. The molecule has 0 aliphatic carbocycles. The molecular weight excluding hydrogens is 281 g/mol. The van der Waals surface area contributed by atoms with E-state index in [4.69, 9.17) is 0 Å². The van der Waals surface area contributed by atoms with Gasteiger partial charge in [-0.05, 0) is 31.6 Å². The summed E-state index contributed by atoms with van der Waals surface area (Å²) in [5.74, 6) is 0.448. The number of carbonyl (C=O) groups is 1. The van der Waals surface area contributed by atoms with Crippen LogP contribution < -0.4 is 5.32 Å². The van der Waals surface area contributed by atoms with Gasteiger partial charge in [-0.1, -0.05) is 27.7 Å². The zero-order valence-electron chi connectivity index (χ0n) is 13.5. The smallest absolute Gasteiger partial charge is 0.323 e. The predicted octanol–water partition coefficient (Wildman–Crippen LogP) is 3.55. The molecule has 0 aromatic carbocycles. The second-order valence-electron chi connectivity index (χ2n) is 6.91. The highest BCUT2D eigenvalue weighted by Gasteiger charge is 2.44. The van der Waals surface area contributed by atoms with E-state index in [1.54, 1.807) is 0 Å². The molecule has 0 radical (unpaired) electrons. The van der Waals surface area contributed by atoms with E-state index in [1.165, 1.54) is 11.8 Å². The third-order valence-corrected chi connectivity index (χ3v) is 3.69. The Morgan fingerprint density at radius 3 is 2.05 bits per heavy atom. The predicted molar refractivity (Wildman–Crippen MR) is 76.6 cm³/mol. The molecule has 1 amide bonds. The third-order valence-electron chi connectivity index (χ3n) is 3.69. The van der Waals surface area contributed by atoms with Gasteiger partial charge in [-0.25, -0.2) is 0 Å². The average Bonchev–Trinajstić information content (AvgIpc) is 2.50. The molecule has 3 unspecified atom stereocenters. The van der Waals surface area contributed by atoms with Crippen molar-refractivity contribution < 1.29 is 18.0 Å². The molecule has 1 aliphatic rings. The molecule has 0 aromatic rings. The molecule has 1 heterocycles. The maximum Gasteiger partial charge on any atom is 0.391 e. The normalized spacial score (nSPS) is 25.2. The lowest BCUT2D eigenvalue weighted by Crippen LogP contribution is -2.45. The number of nitrogens with one attached hydrogen (secondary N) is 1. The number of carbonyl (C=O) groups excluding carboxylic acids is 1. The van der Waals surface area contributed by atoms with E-state index in [1.807, 2.05) is 27.7 Å². The molecule has 1 N–H and O–H groups in total. The van der Waals surface area contributed by atoms with Crippen LogP contribution in [0.25, 0.3) is 0 Å². The number of hydrogen-bond acceptors (Lipinski definition) is 2. The Balaban J connectivity index is 2.86. The number of amides is 1. The summed E-state index contributed by atoms with van der Waals surface area (Å²) in [4.78, 5) is 13.9. The maximum atomic E-state index is 12.6. The highest BCUT2D eigenvalue weighted by atomic mass is 19.4. The second-order valence-corrected chi connectivity index (χ2v) is 6.91. The van der Waals surface area contributed by atoms with E-state index in [0.29, 0.717) is 24.7 Å². The quantitative estimate of drug-likeness (QED) is 0.814. The topological polar surface area (TPSA) is 32.3 Å². The van der Waals surface area contributed by atoms with Crippen LogP contribution in [0.1, 0.15) is 53.9 Å². The Morgan fingerprint density at radius 2 is 1.62 bits per heavy atom. The van der Waals surface area contributed by atoms with Crippen LogP contribution in [0, 0.1) is 11.8 Å². The molecule has 0 spiro atoms. The monoisotopic (exact) mass is 308 g/mol. The Labute approximate surface area is 125 Å². The molecule has 3 nitrogen and oxygen atoms in total. The van der Waals surface area contributed by atoms with Crippen molar-refractivity contribution in [3.8, 4) is 0 Å². The summed E-state index contributed by atoms with van der Waals surface area (Å²) in [6.45, 7) is 9.52. The van der Waals surface area contributed by atoms with Crippen LogP contribution in [-0.2, 0) is 4.79 Å². The van der Waals surface area contributed by atoms with E-state index >= 15 is 0 Å². The number of rotatable bonds is 6. The van der Waals surface area contributed by atoms with E-state index in [0.717, 1.165) is 0 Å². The molecule has 1 fully saturated rings. The van der Waals surface area contributed by atoms with Crippen LogP contribution in [0.5, 0.6) is 0 Å². The third kappa shape index (κ3) is 5.49. The van der Waals surface area contributed by atoms with Crippen molar-refractivity contribution in [1.29, 1.82) is 0 Å². The summed E-state index contributed by atoms with van der Waals surface area (Å²) in [6, 6.07) is -1.18. The Hall–Kier alpha value is -0.780. The van der Waals surface area contributed by atoms with Crippen LogP contribution in [0.2, 0.25) is 0 Å². The van der Waals surface area contributed by atoms with Gasteiger partial charge >= 0.3 is 6.18 Å². The fourth-order valence-corrected chi connectivity index (χ4v) is 2.94. The molecule has 0 aromatic heterocycles. The molecule has 21 heavy (non-hydrogen) atoms. The largest absolute Gasteiger partial charge is 0.391 e. The minimum absolute atomic E-state index is 0.189. The SMILES string of the molecule is CC(C)CC1NC(CC(C)C)N(C(C)CC(F)(F)F)C1=O. The molecule has 1 rings (SSSR count). The van der Waals surface area contributed by atoms with E-state index in [9.17, 15) is 18.0 Å². The Morgan fingerprint density at radius 1 is 1.10 bits per heavy atom. The van der Waals surface area contributed by atoms with Gasteiger partial charge in [0.1, 0.15) is 0 Å². The summed E-state index contributed by atoms with van der Waals surface area (Å²) in [5.41, 5.74) is 0. The van der Waals surface area contributed by atoms with Crippen molar-refractivity contribution >= 4 is 5.91 Å². The summed E-state index contributed by atoms with van der Waals surface area (Å²) in [5, 5.41) is 3.23. The van der Waals surface area contributed by atoms with Gasteiger partial charge in [-0.3, -0.25) is 10.1 Å². The van der Waals surface area contributed by atoms with Crippen molar-refractivity contribution in [2.75, 3.05) is 0 Å². The molecule has 0 saturated carbocycles. The summed E-state index contributed by atoms with van der Waals surface area (Å²) >= 11 is 0. The van der Waals surface area contributed by atoms with Crippen LogP contribution in [0.3, 0.4) is 0 Å². The zero-order valence-corrected chi connectivity index (χ0v) is 13.5. The van der Waals surface area contributed by atoms with Crippen molar-refractivity contribution in [2.24, 2.45) is 11.8 Å². The fourth-order valence-electron chi connectivity index (χ4n) is 2.94. The van der Waals surface area contributed by atoms with Gasteiger partial charge in [0.25, 0.3) is 0 Å². The summed E-state index contributed by atoms with van der Waals surface area (Å²) in [6.07, 6.45) is -4.18. The second kappa shape index (κ2) is 6.99. The van der Waals surface area contributed by atoms with Crippen LogP contribution in [0.4, 0.5) is 13.2 Å². The van der Waals surface area contributed by atoms with Crippen LogP contribution >= 0.6 is 0 Å². The van der Waals surface area contributed by atoms with Gasteiger partial charge in [0.05, 0.1) is 18.6 Å². The fraction of sp³-hybridized carbons (Fsp3) is 0.933. The lowest BCUT2D eigenvalue weighted by molar-refractivity contribution is -0.153. The van der Waals surface area contributed by atoms with Crippen molar-refractivity contribution in [3.05, 3.63) is 0 Å². The minimum atomic E-state index is -4.25. The molecule has 1 saturated heterocycles. The highest BCUT2D eigenvalue weighted by Crippen LogP contribution is 2.29. The molecule has 124 valence electrons. The van der Waals surface area contributed by atoms with Crippen molar-refractivity contribution in [1.82, 2.24) is 10.2 Å². The van der Waals surface area contributed by atoms with Crippen molar-refractivity contribution in [2.45, 2.75) is 78.3 Å². The van der Waals surface area contributed by atoms with Gasteiger partial charge in [0, 0.05) is 6.04 Å². The summed E-state index contributed by atoms with van der Waals surface area (Å²) < 4.78 is 37.9. The number of alkyl halides is 3. The lowest BCUT2D eigenvalue weighted by Gasteiger charge is -2.31. The van der Waals surface area contributed by atoms with E-state index in [-0.39, 0.29) is 18.1 Å². The Kier molecular flexibility index (Phi) is 6.08. The minimum Gasteiger partial charge on any atom is -0.323 e. The Bertz CT molecular complexity index is 355.